The smallest absolute Gasteiger partial charge is 0.119 e. The zero-order chi connectivity index (χ0) is 10.9. The highest BCUT2D eigenvalue weighted by atomic mass is 32.2. The molecule has 15 heavy (non-hydrogen) atoms. The van der Waals surface area contributed by atoms with Crippen molar-refractivity contribution in [3.63, 3.8) is 0 Å². The highest BCUT2D eigenvalue weighted by Crippen LogP contribution is 2.13. The lowest BCUT2D eigenvalue weighted by atomic mass is 10.3. The first kappa shape index (κ1) is 12.2. The number of hydrogen-bond acceptors (Lipinski definition) is 4. The van der Waals surface area contributed by atoms with Crippen molar-refractivity contribution in [1.29, 1.82) is 0 Å². The Morgan fingerprint density at radius 2 is 1.93 bits per heavy atom. The van der Waals surface area contributed by atoms with Gasteiger partial charge in [0.15, 0.2) is 0 Å². The summed E-state index contributed by atoms with van der Waals surface area (Å²) in [6.07, 6.45) is 0.995. The topological polar surface area (TPSA) is 55.5 Å². The molecule has 0 radical (unpaired) electrons. The van der Waals surface area contributed by atoms with Crippen LogP contribution in [0.3, 0.4) is 0 Å². The first-order valence-electron chi connectivity index (χ1n) is 5.00. The third kappa shape index (κ3) is 5.54. The van der Waals surface area contributed by atoms with Crippen LogP contribution in [-0.4, -0.2) is 29.8 Å². The van der Waals surface area contributed by atoms with E-state index >= 15 is 0 Å². The molecule has 1 aromatic rings. The fourth-order valence-electron chi connectivity index (χ4n) is 1.08. The van der Waals surface area contributed by atoms with E-state index in [0.29, 0.717) is 6.61 Å². The highest BCUT2D eigenvalue weighted by Gasteiger charge is 1.93. The SMILES string of the molecule is Nc1ccc(OCCCSCCO)cc1. The molecule has 0 amide bonds. The molecule has 0 saturated heterocycles. The van der Waals surface area contributed by atoms with Crippen LogP contribution in [0.15, 0.2) is 24.3 Å². The molecule has 0 heterocycles. The van der Waals surface area contributed by atoms with Crippen molar-refractivity contribution in [2.45, 2.75) is 6.42 Å². The maximum atomic E-state index is 8.56. The third-order valence-electron chi connectivity index (χ3n) is 1.82. The van der Waals surface area contributed by atoms with Gasteiger partial charge >= 0.3 is 0 Å². The van der Waals surface area contributed by atoms with E-state index in [1.54, 1.807) is 11.8 Å². The largest absolute Gasteiger partial charge is 0.494 e. The number of hydrogen-bond donors (Lipinski definition) is 2. The Labute approximate surface area is 94.6 Å². The van der Waals surface area contributed by atoms with Crippen molar-refractivity contribution in [2.75, 3.05) is 30.5 Å². The molecule has 0 aliphatic heterocycles. The average molecular weight is 227 g/mol. The monoisotopic (exact) mass is 227 g/mol. The molecule has 0 fully saturated rings. The first-order chi connectivity index (χ1) is 7.33. The molecule has 1 aromatic carbocycles. The summed E-state index contributed by atoms with van der Waals surface area (Å²) in [5.41, 5.74) is 6.30. The molecule has 0 unspecified atom stereocenters. The van der Waals surface area contributed by atoms with Crippen LogP contribution in [0.1, 0.15) is 6.42 Å². The molecule has 4 heteroatoms. The number of aliphatic hydroxyl groups is 1. The van der Waals surface area contributed by atoms with Crippen LogP contribution in [-0.2, 0) is 0 Å². The van der Waals surface area contributed by atoms with Crippen LogP contribution in [0.2, 0.25) is 0 Å². The number of nitrogens with two attached hydrogens (primary N) is 1. The van der Waals surface area contributed by atoms with Gasteiger partial charge in [0.25, 0.3) is 0 Å². The Kier molecular flexibility index (Phi) is 6.04. The van der Waals surface area contributed by atoms with E-state index in [-0.39, 0.29) is 6.61 Å². The van der Waals surface area contributed by atoms with E-state index in [0.717, 1.165) is 29.4 Å². The molecular weight excluding hydrogens is 210 g/mol. The number of benzene rings is 1. The summed E-state index contributed by atoms with van der Waals surface area (Å²) in [6.45, 7) is 0.964. The van der Waals surface area contributed by atoms with Gasteiger partial charge in [-0.2, -0.15) is 11.8 Å². The summed E-state index contributed by atoms with van der Waals surface area (Å²) in [5.74, 6) is 2.69. The zero-order valence-electron chi connectivity index (χ0n) is 8.69. The van der Waals surface area contributed by atoms with E-state index in [4.69, 9.17) is 15.6 Å². The standard InChI is InChI=1S/C11H17NO2S/c12-10-2-4-11(5-3-10)14-7-1-8-15-9-6-13/h2-5,13H,1,6-9,12H2. The summed E-state index contributed by atoms with van der Waals surface area (Å²) in [6, 6.07) is 7.40. The fourth-order valence-corrected chi connectivity index (χ4v) is 1.74. The summed E-state index contributed by atoms with van der Waals surface area (Å²) >= 11 is 1.74. The van der Waals surface area contributed by atoms with Gasteiger partial charge in [0.05, 0.1) is 13.2 Å². The molecular formula is C11H17NO2S. The Bertz CT molecular complexity index is 264. The molecule has 0 spiro atoms. The molecule has 0 aliphatic carbocycles. The second kappa shape index (κ2) is 7.43. The van der Waals surface area contributed by atoms with Gasteiger partial charge in [-0.15, -0.1) is 0 Å². The van der Waals surface area contributed by atoms with Gasteiger partial charge in [-0.1, -0.05) is 0 Å². The summed E-state index contributed by atoms with van der Waals surface area (Å²) in [4.78, 5) is 0. The molecule has 0 atom stereocenters. The Balaban J connectivity index is 2.07. The second-order valence-electron chi connectivity index (χ2n) is 3.11. The van der Waals surface area contributed by atoms with Gasteiger partial charge in [0, 0.05) is 11.4 Å². The first-order valence-corrected chi connectivity index (χ1v) is 6.15. The number of aliphatic hydroxyl groups excluding tert-OH is 1. The maximum absolute atomic E-state index is 8.56. The molecule has 0 bridgehead atoms. The predicted molar refractivity (Wildman–Crippen MR) is 65.4 cm³/mol. The quantitative estimate of drug-likeness (QED) is 0.550. The minimum Gasteiger partial charge on any atom is -0.494 e. The average Bonchev–Trinajstić information content (AvgIpc) is 2.26. The summed E-state index contributed by atoms with van der Waals surface area (Å²) in [7, 11) is 0. The van der Waals surface area contributed by atoms with Crippen LogP contribution < -0.4 is 10.5 Å². The number of thioether (sulfide) groups is 1. The second-order valence-corrected chi connectivity index (χ2v) is 4.33. The lowest BCUT2D eigenvalue weighted by molar-refractivity contribution is 0.317. The van der Waals surface area contributed by atoms with E-state index in [1.807, 2.05) is 24.3 Å². The number of rotatable bonds is 7. The van der Waals surface area contributed by atoms with Crippen LogP contribution in [0.25, 0.3) is 0 Å². The third-order valence-corrected chi connectivity index (χ3v) is 2.87. The lowest BCUT2D eigenvalue weighted by Gasteiger charge is -2.05. The molecule has 84 valence electrons. The Morgan fingerprint density at radius 3 is 2.60 bits per heavy atom. The van der Waals surface area contributed by atoms with Gasteiger partial charge in [-0.3, -0.25) is 0 Å². The van der Waals surface area contributed by atoms with E-state index < -0.39 is 0 Å². The molecule has 0 saturated carbocycles. The van der Waals surface area contributed by atoms with Gasteiger partial charge in [-0.25, -0.2) is 0 Å². The van der Waals surface area contributed by atoms with Crippen molar-refractivity contribution < 1.29 is 9.84 Å². The van der Waals surface area contributed by atoms with E-state index in [9.17, 15) is 0 Å². The Morgan fingerprint density at radius 1 is 1.20 bits per heavy atom. The van der Waals surface area contributed by atoms with Crippen LogP contribution in [0.4, 0.5) is 5.69 Å². The molecule has 0 aromatic heterocycles. The van der Waals surface area contributed by atoms with Crippen molar-refractivity contribution in [3.8, 4) is 5.75 Å². The van der Waals surface area contributed by atoms with Gasteiger partial charge in [0.1, 0.15) is 5.75 Å². The summed E-state index contributed by atoms with van der Waals surface area (Å²) in [5, 5.41) is 8.56. The Hall–Kier alpha value is -0.870. The molecule has 3 nitrogen and oxygen atoms in total. The van der Waals surface area contributed by atoms with Crippen molar-refractivity contribution in [3.05, 3.63) is 24.3 Å². The van der Waals surface area contributed by atoms with Gasteiger partial charge < -0.3 is 15.6 Å². The van der Waals surface area contributed by atoms with Crippen LogP contribution in [0, 0.1) is 0 Å². The zero-order valence-corrected chi connectivity index (χ0v) is 9.50. The maximum Gasteiger partial charge on any atom is 0.119 e. The minimum atomic E-state index is 0.253. The van der Waals surface area contributed by atoms with Crippen molar-refractivity contribution >= 4 is 17.4 Å². The molecule has 3 N–H and O–H groups in total. The molecule has 1 rings (SSSR count). The van der Waals surface area contributed by atoms with Gasteiger partial charge in [0.2, 0.25) is 0 Å². The van der Waals surface area contributed by atoms with Crippen molar-refractivity contribution in [1.82, 2.24) is 0 Å². The van der Waals surface area contributed by atoms with E-state index in [1.165, 1.54) is 0 Å². The minimum absolute atomic E-state index is 0.253. The van der Waals surface area contributed by atoms with Gasteiger partial charge in [-0.05, 0) is 36.4 Å². The van der Waals surface area contributed by atoms with Crippen LogP contribution >= 0.6 is 11.8 Å². The van der Waals surface area contributed by atoms with E-state index in [2.05, 4.69) is 0 Å². The van der Waals surface area contributed by atoms with Crippen molar-refractivity contribution in [2.24, 2.45) is 0 Å². The fraction of sp³-hybridized carbons (Fsp3) is 0.455. The number of nitrogen functional groups attached to an aromatic ring is 1. The number of anilines is 1. The highest BCUT2D eigenvalue weighted by molar-refractivity contribution is 7.99. The number of ether oxygens (including phenoxy) is 1. The van der Waals surface area contributed by atoms with Crippen LogP contribution in [0.5, 0.6) is 5.75 Å². The lowest BCUT2D eigenvalue weighted by Crippen LogP contribution is -1.99. The summed E-state index contributed by atoms with van der Waals surface area (Å²) < 4.78 is 5.51. The predicted octanol–water partition coefficient (Wildman–Crippen LogP) is 1.76. The normalized spacial score (nSPS) is 10.2. The molecule has 0 aliphatic rings.